The van der Waals surface area contributed by atoms with Crippen LogP contribution >= 0.6 is 53.4 Å². The predicted octanol–water partition coefficient (Wildman–Crippen LogP) is 6.50. The molecule has 88 valence electrons. The maximum absolute atomic E-state index is 12.1. The SMILES string of the molecule is FS(F)(F)(F)(F)C=C(Br)c1cscc1Br. The summed E-state index contributed by atoms with van der Waals surface area (Å²) < 4.78 is 60.0. The highest BCUT2D eigenvalue weighted by Gasteiger charge is 2.61. The second kappa shape index (κ2) is 3.21. The third-order valence-electron chi connectivity index (χ3n) is 1.20. The van der Waals surface area contributed by atoms with Crippen LogP contribution in [-0.4, -0.2) is 0 Å². The first-order valence-corrected chi connectivity index (χ1v) is 7.77. The van der Waals surface area contributed by atoms with E-state index in [0.717, 1.165) is 11.3 Å². The fourth-order valence-electron chi connectivity index (χ4n) is 0.711. The van der Waals surface area contributed by atoms with Crippen molar-refractivity contribution in [2.75, 3.05) is 0 Å². The van der Waals surface area contributed by atoms with Crippen LogP contribution < -0.4 is 0 Å². The maximum atomic E-state index is 12.1. The van der Waals surface area contributed by atoms with Gasteiger partial charge >= 0.3 is 10.2 Å². The third-order valence-corrected chi connectivity index (χ3v) is 4.54. The van der Waals surface area contributed by atoms with Gasteiger partial charge in [0.15, 0.2) is 0 Å². The Morgan fingerprint density at radius 2 is 1.73 bits per heavy atom. The Hall–Kier alpha value is 0.400. The van der Waals surface area contributed by atoms with Crippen LogP contribution in [0.1, 0.15) is 5.56 Å². The minimum absolute atomic E-state index is 0.0493. The van der Waals surface area contributed by atoms with E-state index in [0.29, 0.717) is 4.47 Å². The molecule has 0 saturated carbocycles. The van der Waals surface area contributed by atoms with Gasteiger partial charge < -0.3 is 0 Å². The topological polar surface area (TPSA) is 0 Å². The molecule has 1 heterocycles. The summed E-state index contributed by atoms with van der Waals surface area (Å²) in [6, 6.07) is 0. The quantitative estimate of drug-likeness (QED) is 0.503. The lowest BCUT2D eigenvalue weighted by molar-refractivity contribution is 0.385. The molecule has 0 aliphatic carbocycles. The summed E-state index contributed by atoms with van der Waals surface area (Å²) >= 11 is 6.54. The van der Waals surface area contributed by atoms with Crippen LogP contribution in [0.4, 0.5) is 19.4 Å². The second-order valence-electron chi connectivity index (χ2n) is 2.63. The van der Waals surface area contributed by atoms with Crippen LogP contribution in [0.25, 0.3) is 4.48 Å². The number of hydrogen-bond acceptors (Lipinski definition) is 1. The molecule has 0 bridgehead atoms. The molecule has 0 aromatic carbocycles. The molecule has 0 nitrogen and oxygen atoms in total. The number of hydrogen-bond donors (Lipinski definition) is 0. The largest absolute Gasteiger partial charge is 0.305 e. The highest BCUT2D eigenvalue weighted by atomic mass is 79.9. The molecule has 0 unspecified atom stereocenters. The molecule has 15 heavy (non-hydrogen) atoms. The zero-order valence-corrected chi connectivity index (χ0v) is 11.5. The van der Waals surface area contributed by atoms with Gasteiger partial charge in [-0.1, -0.05) is 19.4 Å². The van der Waals surface area contributed by atoms with Crippen molar-refractivity contribution in [1.29, 1.82) is 0 Å². The van der Waals surface area contributed by atoms with Gasteiger partial charge in [0, 0.05) is 25.3 Å². The Kier molecular flexibility index (Phi) is 2.88. The molecule has 0 N–H and O–H groups in total. The first-order chi connectivity index (χ1) is 6.38. The molecule has 0 aliphatic heterocycles. The number of rotatable bonds is 2. The molecule has 9 heteroatoms. The van der Waals surface area contributed by atoms with Gasteiger partial charge in [-0.3, -0.25) is 0 Å². The molecule has 0 atom stereocenters. The maximum Gasteiger partial charge on any atom is 0.305 e. The first-order valence-electron chi connectivity index (χ1n) is 3.22. The van der Waals surface area contributed by atoms with E-state index in [9.17, 15) is 19.4 Å². The van der Waals surface area contributed by atoms with Crippen molar-refractivity contribution in [3.8, 4) is 0 Å². The number of thiophene rings is 1. The summed E-state index contributed by atoms with van der Waals surface area (Å²) in [7, 11) is -9.52. The molecule has 0 amide bonds. The summed E-state index contributed by atoms with van der Waals surface area (Å²) in [5.74, 6) is 0. The van der Waals surface area contributed by atoms with E-state index in [-0.39, 0.29) is 5.56 Å². The van der Waals surface area contributed by atoms with Crippen LogP contribution in [0.15, 0.2) is 20.6 Å². The zero-order valence-electron chi connectivity index (χ0n) is 6.69. The lowest BCUT2D eigenvalue weighted by atomic mass is 10.3. The Balaban J connectivity index is 3.24. The van der Waals surface area contributed by atoms with Crippen molar-refractivity contribution in [2.45, 2.75) is 0 Å². The van der Waals surface area contributed by atoms with Gasteiger partial charge in [-0.2, -0.15) is 11.3 Å². The van der Waals surface area contributed by atoms with Crippen LogP contribution in [0, 0.1) is 0 Å². The molecular weight excluding hydrogens is 391 g/mol. The van der Waals surface area contributed by atoms with Crippen molar-refractivity contribution in [3.63, 3.8) is 0 Å². The molecule has 0 radical (unpaired) electrons. The lowest BCUT2D eigenvalue weighted by Gasteiger charge is -2.37. The van der Waals surface area contributed by atoms with E-state index in [4.69, 9.17) is 0 Å². The van der Waals surface area contributed by atoms with Gasteiger partial charge in [0.1, 0.15) is 0 Å². The van der Waals surface area contributed by atoms with E-state index in [1.54, 1.807) is 0 Å². The highest BCUT2D eigenvalue weighted by molar-refractivity contribution is 9.15. The van der Waals surface area contributed by atoms with Gasteiger partial charge in [-0.05, 0) is 31.9 Å². The normalized spacial score (nSPS) is 18.5. The van der Waals surface area contributed by atoms with Gasteiger partial charge in [-0.25, -0.2) is 0 Å². The third kappa shape index (κ3) is 4.83. The molecule has 0 spiro atoms. The second-order valence-corrected chi connectivity index (χ2v) is 7.37. The molecular formula is C6H3Br2F5S2. The van der Waals surface area contributed by atoms with Gasteiger partial charge in [0.05, 0.1) is 5.41 Å². The Morgan fingerprint density at radius 1 is 1.20 bits per heavy atom. The van der Waals surface area contributed by atoms with Crippen LogP contribution in [0.2, 0.25) is 0 Å². The summed E-state index contributed by atoms with van der Waals surface area (Å²) in [6.07, 6.45) is 0. The van der Waals surface area contributed by atoms with Gasteiger partial charge in [-0.15, -0.1) is 0 Å². The summed E-state index contributed by atoms with van der Waals surface area (Å²) in [5.41, 5.74) is 0.0493. The van der Waals surface area contributed by atoms with Crippen molar-refractivity contribution in [2.24, 2.45) is 0 Å². The average Bonchev–Trinajstić information content (AvgIpc) is 2.27. The monoisotopic (exact) mass is 392 g/mol. The standard InChI is InChI=1S/C6H3Br2F5S2/c7-5-2-14-1-4(5)6(8)3-15(9,10,11,12)13/h1-3H. The van der Waals surface area contributed by atoms with E-state index >= 15 is 0 Å². The number of halogens is 7. The van der Waals surface area contributed by atoms with Crippen LogP contribution in [0.3, 0.4) is 0 Å². The van der Waals surface area contributed by atoms with Crippen molar-refractivity contribution in [1.82, 2.24) is 0 Å². The van der Waals surface area contributed by atoms with E-state index in [2.05, 4.69) is 31.9 Å². The molecule has 1 aromatic rings. The average molecular weight is 394 g/mol. The highest BCUT2D eigenvalue weighted by Crippen LogP contribution is 2.99. The molecule has 0 aliphatic rings. The molecule has 1 aromatic heterocycles. The van der Waals surface area contributed by atoms with Crippen molar-refractivity contribution in [3.05, 3.63) is 26.2 Å². The fourth-order valence-corrected chi connectivity index (χ4v) is 4.54. The summed E-state index contributed by atoms with van der Waals surface area (Å²) in [4.78, 5) is 0. The summed E-state index contributed by atoms with van der Waals surface area (Å²) in [6.45, 7) is 0. The van der Waals surface area contributed by atoms with Gasteiger partial charge in [0.25, 0.3) is 0 Å². The lowest BCUT2D eigenvalue weighted by Crippen LogP contribution is -2.00. The fraction of sp³-hybridized carbons (Fsp3) is 0. The predicted molar refractivity (Wildman–Crippen MR) is 62.1 cm³/mol. The van der Waals surface area contributed by atoms with Crippen molar-refractivity contribution < 1.29 is 19.4 Å². The minimum Gasteiger partial charge on any atom is -0.151 e. The molecule has 0 fully saturated rings. The Labute approximate surface area is 103 Å². The summed E-state index contributed by atoms with van der Waals surface area (Å²) in [5, 5.41) is 1.87. The van der Waals surface area contributed by atoms with E-state index in [1.807, 2.05) is 0 Å². The Bertz CT molecular complexity index is 417. The Morgan fingerprint density at radius 3 is 2.07 bits per heavy atom. The van der Waals surface area contributed by atoms with Gasteiger partial charge in [0.2, 0.25) is 0 Å². The molecule has 1 rings (SSSR count). The van der Waals surface area contributed by atoms with E-state index < -0.39 is 20.1 Å². The smallest absolute Gasteiger partial charge is 0.151 e. The molecule has 0 saturated heterocycles. The first kappa shape index (κ1) is 13.5. The van der Waals surface area contributed by atoms with Crippen LogP contribution in [0.5, 0.6) is 0 Å². The van der Waals surface area contributed by atoms with E-state index in [1.165, 1.54) is 10.8 Å². The van der Waals surface area contributed by atoms with Crippen molar-refractivity contribution >= 4 is 57.9 Å². The zero-order chi connectivity index (χ0) is 12.0. The minimum atomic E-state index is -9.52. The van der Waals surface area contributed by atoms with Crippen LogP contribution in [-0.2, 0) is 0 Å².